The zero-order valence-corrected chi connectivity index (χ0v) is 19.6. The van der Waals surface area contributed by atoms with Gasteiger partial charge in [0.25, 0.3) is 5.91 Å². The smallest absolute Gasteiger partial charge is 0.251 e. The Morgan fingerprint density at radius 1 is 1.12 bits per heavy atom. The number of aryl methyl sites for hydroxylation is 1. The van der Waals surface area contributed by atoms with Gasteiger partial charge in [-0.2, -0.15) is 9.61 Å². The van der Waals surface area contributed by atoms with Crippen molar-refractivity contribution in [3.63, 3.8) is 0 Å². The molecule has 0 aliphatic carbocycles. The van der Waals surface area contributed by atoms with Crippen molar-refractivity contribution < 1.29 is 14.3 Å². The number of amides is 1. The third-order valence-electron chi connectivity index (χ3n) is 5.43. The van der Waals surface area contributed by atoms with Crippen molar-refractivity contribution in [3.05, 3.63) is 70.3 Å². The van der Waals surface area contributed by atoms with Gasteiger partial charge in [0.1, 0.15) is 5.82 Å². The molecule has 0 saturated carbocycles. The van der Waals surface area contributed by atoms with Gasteiger partial charge in [0.05, 0.1) is 16.4 Å². The number of nitrogens with one attached hydrogen (secondary N) is 2. The Bertz CT molecular complexity index is 1340. The van der Waals surface area contributed by atoms with E-state index >= 15 is 0 Å². The van der Waals surface area contributed by atoms with E-state index in [9.17, 15) is 4.79 Å². The highest BCUT2D eigenvalue weighted by molar-refractivity contribution is 9.10. The second-order valence-electron chi connectivity index (χ2n) is 7.67. The van der Waals surface area contributed by atoms with Crippen LogP contribution >= 0.6 is 15.9 Å². The zero-order chi connectivity index (χ0) is 22.8. The van der Waals surface area contributed by atoms with Crippen molar-refractivity contribution in [2.24, 2.45) is 0 Å². The summed E-state index contributed by atoms with van der Waals surface area (Å²) in [6.07, 6.45) is 2.48. The van der Waals surface area contributed by atoms with Crippen LogP contribution in [0.2, 0.25) is 0 Å². The number of rotatable bonds is 7. The molecule has 0 bridgehead atoms. The summed E-state index contributed by atoms with van der Waals surface area (Å²) < 4.78 is 13.2. The molecule has 1 aliphatic rings. The molecule has 0 radical (unpaired) electrons. The molecule has 5 rings (SSSR count). The lowest BCUT2D eigenvalue weighted by atomic mass is 10.1. The monoisotopic (exact) mass is 507 g/mol. The average Bonchev–Trinajstić information content (AvgIpc) is 3.45. The highest BCUT2D eigenvalue weighted by atomic mass is 79.9. The molecular formula is C24H22BrN5O3. The summed E-state index contributed by atoms with van der Waals surface area (Å²) >= 11 is 3.54. The second kappa shape index (κ2) is 9.11. The molecule has 0 saturated heterocycles. The quantitative estimate of drug-likeness (QED) is 0.359. The first-order valence-electron chi connectivity index (χ1n) is 10.6. The minimum Gasteiger partial charge on any atom is -0.454 e. The third-order valence-corrected chi connectivity index (χ3v) is 5.99. The Labute approximate surface area is 199 Å². The molecule has 1 aliphatic heterocycles. The van der Waals surface area contributed by atoms with Crippen LogP contribution in [0.3, 0.4) is 0 Å². The molecule has 9 heteroatoms. The van der Waals surface area contributed by atoms with Crippen LogP contribution in [0.1, 0.15) is 22.3 Å². The zero-order valence-electron chi connectivity index (χ0n) is 18.0. The molecular weight excluding hydrogens is 486 g/mol. The van der Waals surface area contributed by atoms with Crippen LogP contribution in [-0.4, -0.2) is 40.4 Å². The Morgan fingerprint density at radius 3 is 2.85 bits per heavy atom. The van der Waals surface area contributed by atoms with Gasteiger partial charge in [-0.1, -0.05) is 24.3 Å². The van der Waals surface area contributed by atoms with E-state index in [0.717, 1.165) is 39.2 Å². The van der Waals surface area contributed by atoms with Gasteiger partial charge in [-0.25, -0.2) is 4.98 Å². The number of carbonyl (C=O) groups excluding carboxylic acids is 1. The van der Waals surface area contributed by atoms with Crippen molar-refractivity contribution in [1.29, 1.82) is 0 Å². The van der Waals surface area contributed by atoms with E-state index in [1.165, 1.54) is 0 Å². The van der Waals surface area contributed by atoms with Crippen LogP contribution < -0.4 is 20.1 Å². The molecule has 2 aromatic heterocycles. The average molecular weight is 508 g/mol. The van der Waals surface area contributed by atoms with Crippen molar-refractivity contribution in [2.45, 2.75) is 13.3 Å². The van der Waals surface area contributed by atoms with Crippen LogP contribution in [0.25, 0.3) is 16.9 Å². The molecule has 4 aromatic rings. The van der Waals surface area contributed by atoms with E-state index in [-0.39, 0.29) is 12.7 Å². The van der Waals surface area contributed by atoms with Gasteiger partial charge in [0.2, 0.25) is 6.79 Å². The maximum Gasteiger partial charge on any atom is 0.251 e. The molecule has 0 unspecified atom stereocenters. The van der Waals surface area contributed by atoms with Crippen LogP contribution in [0, 0.1) is 6.92 Å². The number of nitrogens with zero attached hydrogens (tertiary/aromatic N) is 3. The lowest BCUT2D eigenvalue weighted by Crippen LogP contribution is -2.26. The van der Waals surface area contributed by atoms with Crippen molar-refractivity contribution >= 4 is 33.3 Å². The molecule has 8 nitrogen and oxygen atoms in total. The van der Waals surface area contributed by atoms with Crippen molar-refractivity contribution in [1.82, 2.24) is 19.9 Å². The summed E-state index contributed by atoms with van der Waals surface area (Å²) in [6, 6.07) is 15.3. The van der Waals surface area contributed by atoms with Gasteiger partial charge in [-0.05, 0) is 53.0 Å². The summed E-state index contributed by atoms with van der Waals surface area (Å²) in [7, 11) is 0. The van der Waals surface area contributed by atoms with Crippen LogP contribution in [0.4, 0.5) is 5.82 Å². The Morgan fingerprint density at radius 2 is 1.97 bits per heavy atom. The molecule has 0 spiro atoms. The van der Waals surface area contributed by atoms with E-state index < -0.39 is 0 Å². The molecule has 0 fully saturated rings. The molecule has 3 heterocycles. The van der Waals surface area contributed by atoms with E-state index in [1.807, 2.05) is 18.2 Å². The number of halogens is 1. The number of benzene rings is 2. The minimum absolute atomic E-state index is 0.141. The van der Waals surface area contributed by atoms with Gasteiger partial charge < -0.3 is 20.1 Å². The van der Waals surface area contributed by atoms with Gasteiger partial charge in [0, 0.05) is 30.3 Å². The maximum absolute atomic E-state index is 12.4. The van der Waals surface area contributed by atoms with Gasteiger partial charge in [-0.3, -0.25) is 4.79 Å². The number of fused-ring (bicyclic) bond motifs is 2. The predicted octanol–water partition coefficient (Wildman–Crippen LogP) is 4.43. The Balaban J connectivity index is 1.23. The number of ether oxygens (including phenoxy) is 2. The number of anilines is 1. The molecule has 2 aromatic carbocycles. The number of carbonyl (C=O) groups is 1. The SMILES string of the molecule is Cc1ccccc1-c1cc(NCCCNC(=O)c2ccc3c(c2)OCO3)n2ncc(Br)c2n1. The first kappa shape index (κ1) is 21.3. The fraction of sp³-hybridized carbons (Fsp3) is 0.208. The maximum atomic E-state index is 12.4. The third kappa shape index (κ3) is 4.36. The standard InChI is InChI=1S/C24H22BrN5O3/c1-15-5-2-3-6-17(15)19-12-22(30-23(29-19)18(25)13-28-30)26-9-4-10-27-24(31)16-7-8-20-21(11-16)33-14-32-20/h2-3,5-8,11-13,26H,4,9-10,14H2,1H3,(H,27,31). The number of hydrogen-bond donors (Lipinski definition) is 2. The van der Waals surface area contributed by atoms with Crippen LogP contribution in [0.15, 0.2) is 59.2 Å². The fourth-order valence-electron chi connectivity index (χ4n) is 3.71. The highest BCUT2D eigenvalue weighted by Gasteiger charge is 2.16. The van der Waals surface area contributed by atoms with E-state index in [0.29, 0.717) is 30.2 Å². The van der Waals surface area contributed by atoms with Gasteiger partial charge in [0.15, 0.2) is 17.1 Å². The van der Waals surface area contributed by atoms with Crippen molar-refractivity contribution in [3.8, 4) is 22.8 Å². The van der Waals surface area contributed by atoms with E-state index in [1.54, 1.807) is 28.9 Å². The first-order chi connectivity index (χ1) is 16.1. The van der Waals surface area contributed by atoms with Crippen molar-refractivity contribution in [2.75, 3.05) is 25.2 Å². The summed E-state index contributed by atoms with van der Waals surface area (Å²) in [5.41, 5.74) is 4.40. The Hall–Kier alpha value is -3.59. The van der Waals surface area contributed by atoms with Gasteiger partial charge >= 0.3 is 0 Å². The largest absolute Gasteiger partial charge is 0.454 e. The van der Waals surface area contributed by atoms with Gasteiger partial charge in [-0.15, -0.1) is 0 Å². The van der Waals surface area contributed by atoms with E-state index in [2.05, 4.69) is 50.7 Å². The molecule has 0 atom stereocenters. The lowest BCUT2D eigenvalue weighted by Gasteiger charge is -2.12. The van der Waals surface area contributed by atoms with Crippen LogP contribution in [-0.2, 0) is 0 Å². The minimum atomic E-state index is -0.141. The molecule has 168 valence electrons. The normalized spacial score (nSPS) is 12.2. The topological polar surface area (TPSA) is 89.8 Å². The number of aromatic nitrogens is 3. The lowest BCUT2D eigenvalue weighted by molar-refractivity contribution is 0.0953. The van der Waals surface area contributed by atoms with Crippen LogP contribution in [0.5, 0.6) is 11.5 Å². The highest BCUT2D eigenvalue weighted by Crippen LogP contribution is 2.32. The van der Waals surface area contributed by atoms with E-state index in [4.69, 9.17) is 14.5 Å². The summed E-state index contributed by atoms with van der Waals surface area (Å²) in [6.45, 7) is 3.45. The summed E-state index contributed by atoms with van der Waals surface area (Å²) in [5, 5.41) is 10.8. The predicted molar refractivity (Wildman–Crippen MR) is 129 cm³/mol. The molecule has 33 heavy (non-hydrogen) atoms. The molecule has 2 N–H and O–H groups in total. The fourth-order valence-corrected chi connectivity index (χ4v) is 4.06. The first-order valence-corrected chi connectivity index (χ1v) is 11.4. The number of hydrogen-bond acceptors (Lipinski definition) is 6. The molecule has 1 amide bonds. The summed E-state index contributed by atoms with van der Waals surface area (Å²) in [5.74, 6) is 1.96. The Kier molecular flexibility index (Phi) is 5.87. The summed E-state index contributed by atoms with van der Waals surface area (Å²) in [4.78, 5) is 17.2. The second-order valence-corrected chi connectivity index (χ2v) is 8.53.